The number of carbonyl (C=O) groups is 1. The molecule has 0 spiro atoms. The number of hydrogen-bond acceptors (Lipinski definition) is 3. The first-order chi connectivity index (χ1) is 12.7. The van der Waals surface area contributed by atoms with Crippen LogP contribution in [-0.2, 0) is 5.41 Å². The van der Waals surface area contributed by atoms with Gasteiger partial charge in [-0.3, -0.25) is 9.88 Å². The van der Waals surface area contributed by atoms with Crippen molar-refractivity contribution >= 4 is 11.7 Å². The summed E-state index contributed by atoms with van der Waals surface area (Å²) in [6.45, 7) is 7.12. The van der Waals surface area contributed by atoms with Crippen LogP contribution in [0.4, 0.5) is 14.9 Å². The average molecular weight is 370 g/mol. The number of nitrogens with one attached hydrogen (secondary N) is 1. The van der Waals surface area contributed by atoms with E-state index in [4.69, 9.17) is 0 Å². The van der Waals surface area contributed by atoms with E-state index in [1.54, 1.807) is 11.0 Å². The molecule has 0 saturated heterocycles. The fraction of sp³-hybridized carbons (Fsp3) is 0.429. The van der Waals surface area contributed by atoms with Crippen LogP contribution in [0.3, 0.4) is 0 Å². The lowest BCUT2D eigenvalue weighted by Gasteiger charge is -2.27. The summed E-state index contributed by atoms with van der Waals surface area (Å²) in [4.78, 5) is 21.3. The topological polar surface area (TPSA) is 48.5 Å². The van der Waals surface area contributed by atoms with E-state index in [1.165, 1.54) is 12.1 Å². The number of aromatic nitrogens is 1. The van der Waals surface area contributed by atoms with Crippen LogP contribution in [0.5, 0.6) is 0 Å². The molecular formula is C21H27FN4O. The van der Waals surface area contributed by atoms with Crippen LogP contribution in [0.25, 0.3) is 0 Å². The van der Waals surface area contributed by atoms with Crippen molar-refractivity contribution in [3.8, 4) is 0 Å². The number of urea groups is 1. The summed E-state index contributed by atoms with van der Waals surface area (Å²) in [5.74, 6) is -0.276. The van der Waals surface area contributed by atoms with Gasteiger partial charge >= 0.3 is 6.03 Å². The van der Waals surface area contributed by atoms with Crippen LogP contribution in [0.2, 0.25) is 0 Å². The monoisotopic (exact) mass is 370 g/mol. The van der Waals surface area contributed by atoms with Crippen LogP contribution in [0, 0.1) is 12.7 Å². The predicted octanol–water partition coefficient (Wildman–Crippen LogP) is 3.64. The maximum atomic E-state index is 13.6. The number of carbonyl (C=O) groups excluding carboxylic acids is 1. The van der Waals surface area contributed by atoms with Gasteiger partial charge in [0.15, 0.2) is 0 Å². The number of amides is 2. The van der Waals surface area contributed by atoms with Crippen LogP contribution in [0.15, 0.2) is 36.4 Å². The Bertz CT molecular complexity index is 850. The van der Waals surface area contributed by atoms with Crippen molar-refractivity contribution in [1.29, 1.82) is 0 Å². The van der Waals surface area contributed by atoms with Crippen LogP contribution < -0.4 is 10.2 Å². The molecule has 0 aliphatic carbocycles. The van der Waals surface area contributed by atoms with Crippen LogP contribution in [0.1, 0.15) is 36.8 Å². The van der Waals surface area contributed by atoms with E-state index in [9.17, 15) is 9.18 Å². The summed E-state index contributed by atoms with van der Waals surface area (Å²) in [6.07, 6.45) is 0. The number of anilines is 1. The second-order valence-corrected chi connectivity index (χ2v) is 8.01. The quantitative estimate of drug-likeness (QED) is 0.894. The van der Waals surface area contributed by atoms with Gasteiger partial charge in [-0.1, -0.05) is 26.0 Å². The molecule has 0 bridgehead atoms. The van der Waals surface area contributed by atoms with Gasteiger partial charge in [0.05, 0.1) is 17.4 Å². The lowest BCUT2D eigenvalue weighted by Crippen LogP contribution is -2.44. The van der Waals surface area contributed by atoms with E-state index < -0.39 is 0 Å². The summed E-state index contributed by atoms with van der Waals surface area (Å²) in [5.41, 5.74) is 3.40. The molecule has 0 fully saturated rings. The molecule has 1 aliphatic heterocycles. The molecule has 2 amide bonds. The number of nitrogens with zero attached hydrogens (tertiary/aromatic N) is 3. The van der Waals surface area contributed by atoms with Gasteiger partial charge in [-0.25, -0.2) is 9.18 Å². The van der Waals surface area contributed by atoms with Gasteiger partial charge < -0.3 is 10.2 Å². The molecule has 1 N–H and O–H groups in total. The predicted molar refractivity (Wildman–Crippen MR) is 106 cm³/mol. The van der Waals surface area contributed by atoms with Gasteiger partial charge in [-0.15, -0.1) is 0 Å². The smallest absolute Gasteiger partial charge is 0.322 e. The van der Waals surface area contributed by atoms with E-state index in [0.717, 1.165) is 22.6 Å². The van der Waals surface area contributed by atoms with Crippen molar-refractivity contribution < 1.29 is 9.18 Å². The minimum Gasteiger partial charge on any atom is -0.336 e. The third-order valence-corrected chi connectivity index (χ3v) is 5.05. The Kier molecular flexibility index (Phi) is 5.20. The highest BCUT2D eigenvalue weighted by Crippen LogP contribution is 2.39. The number of rotatable bonds is 4. The van der Waals surface area contributed by atoms with Gasteiger partial charge in [0.2, 0.25) is 0 Å². The summed E-state index contributed by atoms with van der Waals surface area (Å²) in [5, 5.41) is 3.01. The molecule has 2 heterocycles. The van der Waals surface area contributed by atoms with Crippen molar-refractivity contribution in [2.24, 2.45) is 0 Å². The maximum Gasteiger partial charge on any atom is 0.322 e. The van der Waals surface area contributed by atoms with Crippen molar-refractivity contribution in [2.45, 2.75) is 32.2 Å². The molecular weight excluding hydrogens is 343 g/mol. The first-order valence-corrected chi connectivity index (χ1v) is 9.14. The Morgan fingerprint density at radius 1 is 1.33 bits per heavy atom. The number of halogens is 1. The van der Waals surface area contributed by atoms with E-state index >= 15 is 0 Å². The van der Waals surface area contributed by atoms with Crippen LogP contribution >= 0.6 is 0 Å². The molecule has 0 unspecified atom stereocenters. The summed E-state index contributed by atoms with van der Waals surface area (Å²) in [6, 6.07) is 10.1. The number of fused-ring (bicyclic) bond motifs is 1. The number of benzene rings is 1. The second kappa shape index (κ2) is 7.27. The van der Waals surface area contributed by atoms with E-state index in [-0.39, 0.29) is 23.3 Å². The third-order valence-electron chi connectivity index (χ3n) is 5.05. The number of pyridine rings is 1. The third kappa shape index (κ3) is 3.95. The highest BCUT2D eigenvalue weighted by Gasteiger charge is 2.39. The highest BCUT2D eigenvalue weighted by atomic mass is 19.1. The maximum absolute atomic E-state index is 13.6. The zero-order valence-corrected chi connectivity index (χ0v) is 16.6. The van der Waals surface area contributed by atoms with Gasteiger partial charge in [0, 0.05) is 24.2 Å². The molecule has 0 saturated carbocycles. The summed E-state index contributed by atoms with van der Waals surface area (Å²) in [7, 11) is 3.84. The number of aryl methyl sites for hydroxylation is 1. The first kappa shape index (κ1) is 19.3. The molecule has 0 radical (unpaired) electrons. The lowest BCUT2D eigenvalue weighted by molar-refractivity contribution is 0.237. The van der Waals surface area contributed by atoms with E-state index in [1.807, 2.05) is 44.1 Å². The van der Waals surface area contributed by atoms with Crippen molar-refractivity contribution in [1.82, 2.24) is 15.2 Å². The molecule has 6 heteroatoms. The Balaban J connectivity index is 1.76. The van der Waals surface area contributed by atoms with Crippen molar-refractivity contribution in [2.75, 3.05) is 32.1 Å². The molecule has 1 aliphatic rings. The molecule has 1 aromatic carbocycles. The number of hydrogen-bond donors (Lipinski definition) is 1. The molecule has 5 nitrogen and oxygen atoms in total. The largest absolute Gasteiger partial charge is 0.336 e. The first-order valence-electron chi connectivity index (χ1n) is 9.14. The van der Waals surface area contributed by atoms with Gasteiger partial charge in [0.1, 0.15) is 5.82 Å². The standard InChI is InChI=1S/C21H27FN4O/c1-14-9-10-17-19(24-14)21(2,3)13-26(17)20(27)23-12-18(25(4)5)15-7-6-8-16(22)11-15/h6-11,18H,12-13H2,1-5H3,(H,23,27)/t18-/m0/s1. The zero-order valence-electron chi connectivity index (χ0n) is 16.6. The average Bonchev–Trinajstić information content (AvgIpc) is 2.86. The molecule has 1 aromatic heterocycles. The Hall–Kier alpha value is -2.47. The summed E-state index contributed by atoms with van der Waals surface area (Å²) >= 11 is 0. The Morgan fingerprint density at radius 3 is 2.74 bits per heavy atom. The fourth-order valence-electron chi connectivity index (χ4n) is 3.59. The van der Waals surface area contributed by atoms with Crippen molar-refractivity contribution in [3.63, 3.8) is 0 Å². The van der Waals surface area contributed by atoms with E-state index in [2.05, 4.69) is 24.1 Å². The molecule has 1 atom stereocenters. The Labute approximate surface area is 160 Å². The fourth-order valence-corrected chi connectivity index (χ4v) is 3.59. The second-order valence-electron chi connectivity index (χ2n) is 8.01. The number of likely N-dealkylation sites (N-methyl/N-ethyl adjacent to an activating group) is 1. The zero-order chi connectivity index (χ0) is 19.8. The summed E-state index contributed by atoms with van der Waals surface area (Å²) < 4.78 is 13.6. The minimum atomic E-state index is -0.276. The van der Waals surface area contributed by atoms with Gasteiger partial charge in [-0.2, -0.15) is 0 Å². The SMILES string of the molecule is Cc1ccc2c(n1)C(C)(C)CN2C(=O)NC[C@@H](c1cccc(F)c1)N(C)C. The highest BCUT2D eigenvalue weighted by molar-refractivity contribution is 5.94. The lowest BCUT2D eigenvalue weighted by atomic mass is 9.91. The van der Waals surface area contributed by atoms with Crippen molar-refractivity contribution in [3.05, 3.63) is 59.2 Å². The molecule has 3 rings (SSSR count). The Morgan fingerprint density at radius 2 is 2.07 bits per heavy atom. The molecule has 144 valence electrons. The van der Waals surface area contributed by atoms with E-state index in [0.29, 0.717) is 13.1 Å². The van der Waals surface area contributed by atoms with Crippen LogP contribution in [-0.4, -0.2) is 43.1 Å². The van der Waals surface area contributed by atoms with Gasteiger partial charge in [-0.05, 0) is 50.8 Å². The van der Waals surface area contributed by atoms with Gasteiger partial charge in [0.25, 0.3) is 0 Å². The minimum absolute atomic E-state index is 0.115. The normalized spacial score (nSPS) is 16.3. The molecule has 27 heavy (non-hydrogen) atoms. The molecule has 2 aromatic rings.